The third-order valence-electron chi connectivity index (χ3n) is 5.59. The number of benzene rings is 2. The fourth-order valence-electron chi connectivity index (χ4n) is 3.81. The highest BCUT2D eigenvalue weighted by atomic mass is 16.7. The SMILES string of the molecule is CN(CCC(Cc1ccccc1)c1ccc(C2(C)OCCO2)cc1)C(=O)OC(C)(C)C. The molecule has 168 valence electrons. The van der Waals surface area contributed by atoms with Crippen molar-refractivity contribution in [2.45, 2.75) is 57.8 Å². The van der Waals surface area contributed by atoms with Gasteiger partial charge in [0, 0.05) is 19.2 Å². The van der Waals surface area contributed by atoms with Gasteiger partial charge in [-0.2, -0.15) is 0 Å². The van der Waals surface area contributed by atoms with Crippen LogP contribution in [0.4, 0.5) is 4.79 Å². The van der Waals surface area contributed by atoms with Gasteiger partial charge in [-0.15, -0.1) is 0 Å². The molecule has 1 saturated heterocycles. The second-order valence-corrected chi connectivity index (χ2v) is 9.34. The molecule has 1 fully saturated rings. The lowest BCUT2D eigenvalue weighted by atomic mass is 9.88. The summed E-state index contributed by atoms with van der Waals surface area (Å²) in [6, 6.07) is 19.0. The minimum atomic E-state index is -0.662. The molecule has 0 saturated carbocycles. The number of carbonyl (C=O) groups excluding carboxylic acids is 1. The van der Waals surface area contributed by atoms with Crippen LogP contribution < -0.4 is 0 Å². The Hall–Kier alpha value is -2.37. The van der Waals surface area contributed by atoms with Gasteiger partial charge in [0.25, 0.3) is 0 Å². The second kappa shape index (κ2) is 9.84. The molecule has 1 amide bonds. The van der Waals surface area contributed by atoms with Gasteiger partial charge < -0.3 is 19.1 Å². The third-order valence-corrected chi connectivity index (χ3v) is 5.59. The van der Waals surface area contributed by atoms with Gasteiger partial charge in [0.2, 0.25) is 0 Å². The minimum Gasteiger partial charge on any atom is -0.444 e. The molecule has 3 rings (SSSR count). The molecule has 1 unspecified atom stereocenters. The quantitative estimate of drug-likeness (QED) is 0.589. The summed E-state index contributed by atoms with van der Waals surface area (Å²) < 4.78 is 17.1. The lowest BCUT2D eigenvalue weighted by Gasteiger charge is -2.27. The van der Waals surface area contributed by atoms with Gasteiger partial charge in [-0.25, -0.2) is 4.79 Å². The Bertz CT molecular complexity index is 836. The van der Waals surface area contributed by atoms with E-state index in [0.717, 1.165) is 18.4 Å². The van der Waals surface area contributed by atoms with Crippen LogP contribution in [0.5, 0.6) is 0 Å². The molecule has 2 aromatic rings. The molecule has 0 aromatic heterocycles. The van der Waals surface area contributed by atoms with Gasteiger partial charge in [-0.3, -0.25) is 0 Å². The largest absolute Gasteiger partial charge is 0.444 e. The van der Waals surface area contributed by atoms with Crippen LogP contribution in [0.2, 0.25) is 0 Å². The zero-order chi connectivity index (χ0) is 22.5. The molecule has 0 N–H and O–H groups in total. The van der Waals surface area contributed by atoms with E-state index in [4.69, 9.17) is 14.2 Å². The van der Waals surface area contributed by atoms with Gasteiger partial charge in [0.15, 0.2) is 5.79 Å². The maximum absolute atomic E-state index is 12.4. The molecule has 2 aromatic carbocycles. The molecule has 0 radical (unpaired) electrons. The maximum Gasteiger partial charge on any atom is 0.410 e. The van der Waals surface area contributed by atoms with Crippen molar-refractivity contribution in [3.63, 3.8) is 0 Å². The molecule has 1 aliphatic rings. The number of amides is 1. The zero-order valence-electron chi connectivity index (χ0n) is 19.4. The lowest BCUT2D eigenvalue weighted by Crippen LogP contribution is -2.35. The molecule has 5 heteroatoms. The zero-order valence-corrected chi connectivity index (χ0v) is 19.4. The van der Waals surface area contributed by atoms with E-state index in [1.807, 2.05) is 33.8 Å². The average molecular weight is 426 g/mol. The molecule has 5 nitrogen and oxygen atoms in total. The summed E-state index contributed by atoms with van der Waals surface area (Å²) in [5.74, 6) is -0.385. The first-order valence-corrected chi connectivity index (χ1v) is 11.0. The van der Waals surface area contributed by atoms with Gasteiger partial charge in [-0.05, 0) is 57.6 Å². The first kappa shape index (κ1) is 23.3. The highest BCUT2D eigenvalue weighted by Crippen LogP contribution is 2.33. The fourth-order valence-corrected chi connectivity index (χ4v) is 3.81. The molecule has 31 heavy (non-hydrogen) atoms. The van der Waals surface area contributed by atoms with Crippen LogP contribution in [0.1, 0.15) is 56.7 Å². The predicted octanol–water partition coefficient (Wildman–Crippen LogP) is 5.49. The number of ether oxygens (including phenoxy) is 3. The standard InChI is InChI=1S/C26H35NO4/c1-25(2,3)31-24(28)27(5)16-15-22(19-20-9-7-6-8-10-20)21-11-13-23(14-12-21)26(4)29-17-18-30-26/h6-14,22H,15-19H2,1-5H3. The van der Waals surface area contributed by atoms with Crippen molar-refractivity contribution in [3.05, 3.63) is 71.3 Å². The number of rotatable bonds is 7. The summed E-state index contributed by atoms with van der Waals surface area (Å²) in [6.45, 7) is 9.48. The fraction of sp³-hybridized carbons (Fsp3) is 0.500. The number of nitrogens with zero attached hydrogens (tertiary/aromatic N) is 1. The monoisotopic (exact) mass is 425 g/mol. The highest BCUT2D eigenvalue weighted by Gasteiger charge is 2.33. The van der Waals surface area contributed by atoms with Gasteiger partial charge in [0.1, 0.15) is 5.60 Å². The number of hydrogen-bond donors (Lipinski definition) is 0. The molecular formula is C26H35NO4. The van der Waals surface area contributed by atoms with E-state index in [2.05, 4.69) is 48.5 Å². The van der Waals surface area contributed by atoms with Gasteiger partial charge in [-0.1, -0.05) is 54.6 Å². The minimum absolute atomic E-state index is 0.277. The Kier molecular flexibility index (Phi) is 7.39. The van der Waals surface area contributed by atoms with E-state index >= 15 is 0 Å². The van der Waals surface area contributed by atoms with Crippen molar-refractivity contribution in [1.82, 2.24) is 4.90 Å². The first-order chi connectivity index (χ1) is 14.7. The van der Waals surface area contributed by atoms with Crippen LogP contribution in [-0.4, -0.2) is 43.4 Å². The summed E-state index contributed by atoms with van der Waals surface area (Å²) in [4.78, 5) is 14.0. The van der Waals surface area contributed by atoms with Crippen LogP contribution in [-0.2, 0) is 26.4 Å². The Morgan fingerprint density at radius 2 is 1.68 bits per heavy atom. The average Bonchev–Trinajstić information content (AvgIpc) is 3.18. The van der Waals surface area contributed by atoms with Crippen molar-refractivity contribution in [2.75, 3.05) is 26.8 Å². The maximum atomic E-state index is 12.4. The molecule has 0 spiro atoms. The molecular weight excluding hydrogens is 390 g/mol. The molecule has 1 atom stereocenters. The van der Waals surface area contributed by atoms with E-state index in [-0.39, 0.29) is 12.0 Å². The van der Waals surface area contributed by atoms with E-state index in [1.54, 1.807) is 11.9 Å². The van der Waals surface area contributed by atoms with Crippen LogP contribution in [0.15, 0.2) is 54.6 Å². The van der Waals surface area contributed by atoms with E-state index in [1.165, 1.54) is 11.1 Å². The van der Waals surface area contributed by atoms with Crippen molar-refractivity contribution < 1.29 is 19.0 Å². The molecule has 1 aliphatic heterocycles. The predicted molar refractivity (Wildman–Crippen MR) is 122 cm³/mol. The number of carbonyl (C=O) groups is 1. The summed E-state index contributed by atoms with van der Waals surface area (Å²) in [5.41, 5.74) is 3.06. The van der Waals surface area contributed by atoms with Crippen LogP contribution in [0, 0.1) is 0 Å². The van der Waals surface area contributed by atoms with Crippen molar-refractivity contribution in [3.8, 4) is 0 Å². The summed E-state index contributed by atoms with van der Waals surface area (Å²) in [5, 5.41) is 0. The summed E-state index contributed by atoms with van der Waals surface area (Å²) in [6.07, 6.45) is 1.46. The number of hydrogen-bond acceptors (Lipinski definition) is 4. The molecule has 1 heterocycles. The van der Waals surface area contributed by atoms with Crippen molar-refractivity contribution in [2.24, 2.45) is 0 Å². The van der Waals surface area contributed by atoms with E-state index in [9.17, 15) is 4.79 Å². The summed E-state index contributed by atoms with van der Waals surface area (Å²) >= 11 is 0. The Morgan fingerprint density at radius 1 is 1.06 bits per heavy atom. The smallest absolute Gasteiger partial charge is 0.410 e. The van der Waals surface area contributed by atoms with Crippen LogP contribution >= 0.6 is 0 Å². The van der Waals surface area contributed by atoms with Crippen LogP contribution in [0.25, 0.3) is 0 Å². The van der Waals surface area contributed by atoms with Crippen molar-refractivity contribution in [1.29, 1.82) is 0 Å². The van der Waals surface area contributed by atoms with Gasteiger partial charge >= 0.3 is 6.09 Å². The lowest BCUT2D eigenvalue weighted by molar-refractivity contribution is -0.149. The van der Waals surface area contributed by atoms with E-state index < -0.39 is 11.4 Å². The summed E-state index contributed by atoms with van der Waals surface area (Å²) in [7, 11) is 1.80. The van der Waals surface area contributed by atoms with Crippen molar-refractivity contribution >= 4 is 6.09 Å². The van der Waals surface area contributed by atoms with E-state index in [0.29, 0.717) is 19.8 Å². The Balaban J connectivity index is 1.72. The van der Waals surface area contributed by atoms with Gasteiger partial charge in [0.05, 0.1) is 13.2 Å². The Labute approximate surface area is 186 Å². The molecule has 0 aliphatic carbocycles. The van der Waals surface area contributed by atoms with Crippen LogP contribution in [0.3, 0.4) is 0 Å². The molecule has 0 bridgehead atoms. The normalized spacial score (nSPS) is 16.7. The third kappa shape index (κ3) is 6.55. The first-order valence-electron chi connectivity index (χ1n) is 11.0. The second-order valence-electron chi connectivity index (χ2n) is 9.34. The topological polar surface area (TPSA) is 48.0 Å². The Morgan fingerprint density at radius 3 is 2.26 bits per heavy atom. The highest BCUT2D eigenvalue weighted by molar-refractivity contribution is 5.67.